The Labute approximate surface area is 288 Å². The van der Waals surface area contributed by atoms with E-state index in [1.165, 1.54) is 7.11 Å². The van der Waals surface area contributed by atoms with Crippen LogP contribution in [0.25, 0.3) is 0 Å². The highest BCUT2D eigenvalue weighted by Crippen LogP contribution is 2.30. The SMILES string of the molecule is COc1cc(C(=O)N(C)c2ccccc2COCc2ccccc2)ccc1NC(=O)c1ccccc1OC(C)CCNC(=O)OC(C)(C)C. The second kappa shape index (κ2) is 17.2. The standard InChI is InChI=1S/C39H45N3O7/c1-27(22-23-40-38(45)49-39(2,3)4)48-34-19-13-11-17-31(34)36(43)41-32-21-20-29(24-35(32)46-6)37(44)42(5)33-18-12-10-16-30(33)26-47-25-28-14-8-7-9-15-28/h7-21,24,27H,22-23,25-26H2,1-6H3,(H,40,45)(H,41,43). The predicted molar refractivity (Wildman–Crippen MR) is 190 cm³/mol. The fraction of sp³-hybridized carbons (Fsp3) is 0.308. The van der Waals surface area contributed by atoms with Crippen LogP contribution < -0.4 is 25.0 Å². The molecule has 3 amide bonds. The van der Waals surface area contributed by atoms with Gasteiger partial charge in [-0.15, -0.1) is 0 Å². The number of nitrogens with zero attached hydrogens (tertiary/aromatic N) is 1. The Balaban J connectivity index is 1.39. The van der Waals surface area contributed by atoms with Crippen LogP contribution in [0.15, 0.2) is 97.1 Å². The molecule has 4 aromatic rings. The lowest BCUT2D eigenvalue weighted by atomic mass is 10.1. The summed E-state index contributed by atoms with van der Waals surface area (Å²) in [6, 6.07) is 29.3. The lowest BCUT2D eigenvalue weighted by Crippen LogP contribution is -2.34. The highest BCUT2D eigenvalue weighted by atomic mass is 16.6. The van der Waals surface area contributed by atoms with E-state index in [4.69, 9.17) is 18.9 Å². The van der Waals surface area contributed by atoms with Crippen LogP contribution in [-0.4, -0.2) is 50.3 Å². The Morgan fingerprint density at radius 3 is 2.27 bits per heavy atom. The third-order valence-electron chi connectivity index (χ3n) is 7.40. The summed E-state index contributed by atoms with van der Waals surface area (Å²) in [5.41, 5.74) is 3.18. The van der Waals surface area contributed by atoms with E-state index in [1.54, 1.807) is 75.2 Å². The number of ether oxygens (including phenoxy) is 4. The average molecular weight is 668 g/mol. The van der Waals surface area contributed by atoms with Crippen molar-refractivity contribution >= 4 is 29.3 Å². The minimum atomic E-state index is -0.585. The Morgan fingerprint density at radius 2 is 1.53 bits per heavy atom. The third kappa shape index (κ3) is 10.8. The number of amides is 3. The van der Waals surface area contributed by atoms with E-state index >= 15 is 0 Å². The van der Waals surface area contributed by atoms with Crippen molar-refractivity contribution in [3.63, 3.8) is 0 Å². The number of rotatable bonds is 14. The molecule has 0 aromatic heterocycles. The maximum atomic E-state index is 13.6. The molecule has 0 saturated heterocycles. The molecule has 0 radical (unpaired) electrons. The number of carbonyl (C=O) groups is 3. The van der Waals surface area contributed by atoms with Crippen molar-refractivity contribution in [2.75, 3.05) is 30.9 Å². The summed E-state index contributed by atoms with van der Waals surface area (Å²) in [6.45, 7) is 8.40. The van der Waals surface area contributed by atoms with E-state index in [0.717, 1.165) is 16.8 Å². The van der Waals surface area contributed by atoms with E-state index in [1.807, 2.05) is 61.5 Å². The third-order valence-corrected chi connectivity index (χ3v) is 7.40. The van der Waals surface area contributed by atoms with Gasteiger partial charge in [-0.25, -0.2) is 4.79 Å². The first-order valence-corrected chi connectivity index (χ1v) is 16.1. The summed E-state index contributed by atoms with van der Waals surface area (Å²) < 4.78 is 22.9. The van der Waals surface area contributed by atoms with Crippen molar-refractivity contribution in [2.45, 2.75) is 59.0 Å². The van der Waals surface area contributed by atoms with E-state index in [0.29, 0.717) is 54.5 Å². The van der Waals surface area contributed by atoms with Gasteiger partial charge in [-0.1, -0.05) is 60.7 Å². The van der Waals surface area contributed by atoms with Gasteiger partial charge < -0.3 is 34.5 Å². The minimum Gasteiger partial charge on any atom is -0.495 e. The van der Waals surface area contributed by atoms with Crippen LogP contribution in [0.1, 0.15) is 66.0 Å². The van der Waals surface area contributed by atoms with Crippen LogP contribution >= 0.6 is 0 Å². The van der Waals surface area contributed by atoms with Crippen LogP contribution in [-0.2, 0) is 22.7 Å². The summed E-state index contributed by atoms with van der Waals surface area (Å²) in [4.78, 5) is 40.6. The first kappa shape index (κ1) is 36.5. The van der Waals surface area contributed by atoms with E-state index in [9.17, 15) is 14.4 Å². The molecule has 4 rings (SSSR count). The van der Waals surface area contributed by atoms with Crippen molar-refractivity contribution < 1.29 is 33.3 Å². The van der Waals surface area contributed by atoms with Crippen LogP contribution in [0.4, 0.5) is 16.2 Å². The molecule has 4 aromatic carbocycles. The summed E-state index contributed by atoms with van der Waals surface area (Å²) in [7, 11) is 3.19. The average Bonchev–Trinajstić information content (AvgIpc) is 3.08. The maximum Gasteiger partial charge on any atom is 0.407 e. The molecule has 0 aliphatic carbocycles. The van der Waals surface area contributed by atoms with Gasteiger partial charge in [0, 0.05) is 36.8 Å². The second-order valence-corrected chi connectivity index (χ2v) is 12.5. The van der Waals surface area contributed by atoms with Gasteiger partial charge in [0.2, 0.25) is 0 Å². The maximum absolute atomic E-state index is 13.6. The first-order chi connectivity index (χ1) is 23.4. The highest BCUT2D eigenvalue weighted by molar-refractivity contribution is 6.09. The summed E-state index contributed by atoms with van der Waals surface area (Å²) >= 11 is 0. The fourth-order valence-electron chi connectivity index (χ4n) is 4.96. The van der Waals surface area contributed by atoms with Gasteiger partial charge in [-0.3, -0.25) is 9.59 Å². The fourth-order valence-corrected chi connectivity index (χ4v) is 4.96. The lowest BCUT2D eigenvalue weighted by Gasteiger charge is -2.22. The zero-order valence-electron chi connectivity index (χ0n) is 28.9. The van der Waals surface area contributed by atoms with Crippen molar-refractivity contribution in [2.24, 2.45) is 0 Å². The highest BCUT2D eigenvalue weighted by Gasteiger charge is 2.21. The van der Waals surface area contributed by atoms with Crippen molar-refractivity contribution in [1.29, 1.82) is 0 Å². The van der Waals surface area contributed by atoms with Crippen LogP contribution in [0, 0.1) is 0 Å². The molecule has 0 heterocycles. The monoisotopic (exact) mass is 667 g/mol. The molecule has 0 spiro atoms. The Kier molecular flexibility index (Phi) is 12.8. The predicted octanol–water partition coefficient (Wildman–Crippen LogP) is 7.62. The summed E-state index contributed by atoms with van der Waals surface area (Å²) in [5, 5.41) is 5.60. The quantitative estimate of drug-likeness (QED) is 0.142. The van der Waals surface area contributed by atoms with Gasteiger partial charge in [0.15, 0.2) is 0 Å². The molecule has 10 heteroatoms. The molecule has 0 fully saturated rings. The zero-order valence-corrected chi connectivity index (χ0v) is 28.9. The minimum absolute atomic E-state index is 0.249. The molecular weight excluding hydrogens is 622 g/mol. The Hall–Kier alpha value is -5.35. The topological polar surface area (TPSA) is 115 Å². The van der Waals surface area contributed by atoms with Crippen molar-refractivity contribution in [1.82, 2.24) is 5.32 Å². The molecule has 10 nitrogen and oxygen atoms in total. The zero-order chi connectivity index (χ0) is 35.4. The Morgan fingerprint density at radius 1 is 0.837 bits per heavy atom. The number of benzene rings is 4. The number of para-hydroxylation sites is 2. The van der Waals surface area contributed by atoms with Crippen molar-refractivity contribution in [3.05, 3.63) is 119 Å². The lowest BCUT2D eigenvalue weighted by molar-refractivity contribution is 0.0521. The van der Waals surface area contributed by atoms with E-state index in [-0.39, 0.29) is 12.0 Å². The van der Waals surface area contributed by atoms with Gasteiger partial charge in [0.25, 0.3) is 11.8 Å². The molecule has 0 bridgehead atoms. The van der Waals surface area contributed by atoms with Gasteiger partial charge in [0.1, 0.15) is 17.1 Å². The molecule has 49 heavy (non-hydrogen) atoms. The largest absolute Gasteiger partial charge is 0.495 e. The molecule has 1 atom stereocenters. The normalized spacial score (nSPS) is 11.6. The van der Waals surface area contributed by atoms with Gasteiger partial charge in [-0.05, 0) is 69.7 Å². The van der Waals surface area contributed by atoms with Crippen LogP contribution in [0.5, 0.6) is 11.5 Å². The number of anilines is 2. The number of alkyl carbamates (subject to hydrolysis) is 1. The number of nitrogens with one attached hydrogen (secondary N) is 2. The molecule has 0 saturated carbocycles. The number of hydrogen-bond donors (Lipinski definition) is 2. The van der Waals surface area contributed by atoms with Crippen molar-refractivity contribution in [3.8, 4) is 11.5 Å². The van der Waals surface area contributed by atoms with Crippen LogP contribution in [0.2, 0.25) is 0 Å². The molecule has 1 unspecified atom stereocenters. The van der Waals surface area contributed by atoms with Gasteiger partial charge in [-0.2, -0.15) is 0 Å². The molecule has 258 valence electrons. The second-order valence-electron chi connectivity index (χ2n) is 12.5. The van der Waals surface area contributed by atoms with Crippen LogP contribution in [0.3, 0.4) is 0 Å². The number of methoxy groups -OCH3 is 1. The summed E-state index contributed by atoms with van der Waals surface area (Å²) in [5.74, 6) is 0.0600. The molecule has 2 N–H and O–H groups in total. The molecule has 0 aliphatic heterocycles. The van der Waals surface area contributed by atoms with E-state index in [2.05, 4.69) is 10.6 Å². The smallest absolute Gasteiger partial charge is 0.407 e. The Bertz CT molecular complexity index is 1720. The van der Waals surface area contributed by atoms with Gasteiger partial charge >= 0.3 is 6.09 Å². The molecular formula is C39H45N3O7. The summed E-state index contributed by atoms with van der Waals surface area (Å²) in [6.07, 6.45) is -0.305. The van der Waals surface area contributed by atoms with E-state index < -0.39 is 17.6 Å². The number of carbonyl (C=O) groups excluding carboxylic acids is 3. The first-order valence-electron chi connectivity index (χ1n) is 16.1. The van der Waals surface area contributed by atoms with Gasteiger partial charge in [0.05, 0.1) is 37.7 Å². The molecule has 0 aliphatic rings. The number of hydrogen-bond acceptors (Lipinski definition) is 7.